The molecule has 0 saturated carbocycles. The predicted molar refractivity (Wildman–Crippen MR) is 129 cm³/mol. The van der Waals surface area contributed by atoms with Gasteiger partial charge >= 0.3 is 8.51 Å². The van der Waals surface area contributed by atoms with Gasteiger partial charge in [-0.3, -0.25) is 0 Å². The normalized spacial score (nSPS) is 14.0. The third-order valence-corrected chi connectivity index (χ3v) is 7.69. The second kappa shape index (κ2) is 8.34. The highest BCUT2D eigenvalue weighted by molar-refractivity contribution is 7.17. The van der Waals surface area contributed by atoms with Crippen LogP contribution in [0.15, 0.2) is 12.1 Å². The molecule has 0 aliphatic rings. The van der Waals surface area contributed by atoms with Crippen molar-refractivity contribution in [2.24, 2.45) is 0 Å². The highest BCUT2D eigenvalue weighted by Gasteiger charge is 2.37. The molecule has 0 fully saturated rings. The van der Waals surface area contributed by atoms with Crippen LogP contribution < -0.4 is 4.44 Å². The summed E-state index contributed by atoms with van der Waals surface area (Å²) in [4.78, 5) is 0. The number of hydrogen-bond acceptors (Lipinski definition) is 2. The molecule has 30 heavy (non-hydrogen) atoms. The van der Waals surface area contributed by atoms with Gasteiger partial charge in [0.15, 0.2) is 10.9 Å². The first-order valence-corrected chi connectivity index (χ1v) is 12.3. The summed E-state index contributed by atoms with van der Waals surface area (Å²) in [6.45, 7) is 27.5. The van der Waals surface area contributed by atoms with Crippen molar-refractivity contribution >= 4 is 8.51 Å². The molecule has 0 bridgehead atoms. The minimum absolute atomic E-state index is 0.00636. The molecule has 1 aromatic carbocycles. The molecular weight excluding hydrogens is 387 g/mol. The summed E-state index contributed by atoms with van der Waals surface area (Å²) >= 11 is 0. The van der Waals surface area contributed by atoms with Crippen molar-refractivity contribution < 1.29 is 4.44 Å². The van der Waals surface area contributed by atoms with E-state index in [1.54, 1.807) is 0 Å². The van der Waals surface area contributed by atoms with Gasteiger partial charge in [-0.25, -0.2) is 0 Å². The molecule has 1 aromatic heterocycles. The fourth-order valence-corrected chi connectivity index (χ4v) is 5.29. The Bertz CT molecular complexity index is 829. The maximum Gasteiger partial charge on any atom is 0.334 e. The van der Waals surface area contributed by atoms with E-state index in [-0.39, 0.29) is 21.8 Å². The van der Waals surface area contributed by atoms with Crippen LogP contribution >= 0.6 is 8.51 Å². The molecule has 168 valence electrons. The van der Waals surface area contributed by atoms with Gasteiger partial charge in [0.25, 0.3) is 0 Å². The predicted octanol–water partition coefficient (Wildman–Crippen LogP) is 6.95. The second-order valence-electron chi connectivity index (χ2n) is 11.8. The van der Waals surface area contributed by atoms with Gasteiger partial charge in [-0.1, -0.05) is 95.2 Å². The highest BCUT2D eigenvalue weighted by atomic mass is 31.1. The van der Waals surface area contributed by atoms with Gasteiger partial charge in [0.2, 0.25) is 0 Å². The molecular formula is C25H44N4P+. The third-order valence-electron chi connectivity index (χ3n) is 6.57. The lowest BCUT2D eigenvalue weighted by atomic mass is 9.74. The maximum absolute atomic E-state index is 4.71. The summed E-state index contributed by atoms with van der Waals surface area (Å²) in [5.74, 6) is 0. The van der Waals surface area contributed by atoms with Crippen molar-refractivity contribution in [2.75, 3.05) is 0 Å². The maximum atomic E-state index is 4.71. The minimum Gasteiger partial charge on any atom is -0.111 e. The number of aromatic nitrogens is 4. The van der Waals surface area contributed by atoms with Crippen LogP contribution in [0.4, 0.5) is 0 Å². The molecule has 0 unspecified atom stereocenters. The van der Waals surface area contributed by atoms with E-state index in [1.807, 2.05) is 0 Å². The smallest absolute Gasteiger partial charge is 0.111 e. The van der Waals surface area contributed by atoms with Gasteiger partial charge in [0.05, 0.1) is 0 Å². The molecule has 0 aliphatic heterocycles. The van der Waals surface area contributed by atoms with E-state index in [2.05, 4.69) is 109 Å². The van der Waals surface area contributed by atoms with Crippen LogP contribution in [0, 0.1) is 0 Å². The van der Waals surface area contributed by atoms with Crippen LogP contribution in [0.2, 0.25) is 0 Å². The molecule has 4 nitrogen and oxygen atoms in total. The zero-order chi connectivity index (χ0) is 23.1. The van der Waals surface area contributed by atoms with E-state index >= 15 is 0 Å². The first-order chi connectivity index (χ1) is 13.6. The molecule has 0 radical (unpaired) electrons. The highest BCUT2D eigenvalue weighted by Crippen LogP contribution is 2.40. The van der Waals surface area contributed by atoms with Gasteiger partial charge in [-0.15, -0.1) is 4.44 Å². The first-order valence-electron chi connectivity index (χ1n) is 11.5. The summed E-state index contributed by atoms with van der Waals surface area (Å²) in [6, 6.07) is 4.82. The average Bonchev–Trinajstić information content (AvgIpc) is 3.10. The van der Waals surface area contributed by atoms with Crippen LogP contribution in [0.25, 0.3) is 5.69 Å². The topological polar surface area (TPSA) is 34.6 Å². The Kier molecular flexibility index (Phi) is 6.94. The number of nitrogens with zero attached hydrogens (tertiary/aromatic N) is 4. The molecule has 0 saturated heterocycles. The van der Waals surface area contributed by atoms with Crippen LogP contribution in [0.3, 0.4) is 0 Å². The van der Waals surface area contributed by atoms with Gasteiger partial charge in [0, 0.05) is 11.1 Å². The zero-order valence-corrected chi connectivity index (χ0v) is 22.4. The molecule has 1 heterocycles. The largest absolute Gasteiger partial charge is 0.334 e. The van der Waals surface area contributed by atoms with E-state index in [9.17, 15) is 0 Å². The number of benzene rings is 1. The van der Waals surface area contributed by atoms with Crippen molar-refractivity contribution in [3.8, 4) is 5.69 Å². The van der Waals surface area contributed by atoms with E-state index in [1.165, 1.54) is 22.4 Å². The molecule has 2 rings (SSSR count). The standard InChI is InChI=1S/C25H44N4P/c1-13-25(14-2,15-3)29-27-26-28(30-29)21-19(23(7,8)9)16-18(22(4,5)6)17-20(21)24(10,11)12/h16-17H,13-15H2,1-12H3/q+1. The molecule has 0 spiro atoms. The summed E-state index contributed by atoms with van der Waals surface area (Å²) in [7, 11) is 1.03. The summed E-state index contributed by atoms with van der Waals surface area (Å²) in [5, 5.41) is 9.38. The Balaban J connectivity index is 2.89. The van der Waals surface area contributed by atoms with Crippen molar-refractivity contribution in [2.45, 2.75) is 124 Å². The molecule has 2 aromatic rings. The van der Waals surface area contributed by atoms with E-state index in [4.69, 9.17) is 5.21 Å². The second-order valence-corrected chi connectivity index (χ2v) is 12.7. The quantitative estimate of drug-likeness (QED) is 0.513. The van der Waals surface area contributed by atoms with Crippen LogP contribution in [0.1, 0.15) is 119 Å². The molecule has 5 heteroatoms. The molecule has 0 N–H and O–H groups in total. The Morgan fingerprint density at radius 1 is 0.767 bits per heavy atom. The van der Waals surface area contributed by atoms with Crippen molar-refractivity contribution in [1.29, 1.82) is 0 Å². The Hall–Kier alpha value is -1.28. The van der Waals surface area contributed by atoms with Crippen LogP contribution in [-0.2, 0) is 21.8 Å². The Labute approximate surface area is 186 Å². The Morgan fingerprint density at radius 2 is 1.20 bits per heavy atom. The van der Waals surface area contributed by atoms with Gasteiger partial charge in [-0.05, 0) is 45.5 Å². The molecule has 0 atom stereocenters. The fourth-order valence-electron chi connectivity index (χ4n) is 4.07. The average molecular weight is 432 g/mol. The number of hydrogen-bond donors (Lipinski definition) is 0. The van der Waals surface area contributed by atoms with Gasteiger partial charge in [-0.2, -0.15) is 0 Å². The first kappa shape index (κ1) is 25.0. The summed E-state index contributed by atoms with van der Waals surface area (Å²) in [6.07, 6.45) is 3.21. The monoisotopic (exact) mass is 431 g/mol. The van der Waals surface area contributed by atoms with Crippen molar-refractivity contribution in [3.05, 3.63) is 28.8 Å². The minimum atomic E-state index is 0.00636. The summed E-state index contributed by atoms with van der Waals surface area (Å²) < 4.78 is 4.33. The van der Waals surface area contributed by atoms with Gasteiger partial charge in [0.1, 0.15) is 10.8 Å². The van der Waals surface area contributed by atoms with E-state index < -0.39 is 0 Å². The molecule has 0 aliphatic carbocycles. The van der Waals surface area contributed by atoms with E-state index in [0.29, 0.717) is 0 Å². The third kappa shape index (κ3) is 4.79. The fraction of sp³-hybridized carbons (Fsp3) is 0.760. The van der Waals surface area contributed by atoms with Gasteiger partial charge < -0.3 is 0 Å². The van der Waals surface area contributed by atoms with Crippen molar-refractivity contribution in [3.63, 3.8) is 0 Å². The zero-order valence-electron chi connectivity index (χ0n) is 21.5. The van der Waals surface area contributed by atoms with Crippen molar-refractivity contribution in [1.82, 2.24) is 14.9 Å². The van der Waals surface area contributed by atoms with Crippen LogP contribution in [0.5, 0.6) is 0 Å². The lowest BCUT2D eigenvalue weighted by molar-refractivity contribution is -0.760. The lowest BCUT2D eigenvalue weighted by Gasteiger charge is -2.31. The summed E-state index contributed by atoms with van der Waals surface area (Å²) in [5.41, 5.74) is 5.49. The SMILES string of the molecule is CCC(CC)(CC)[n+]1nnn(-c2c(C(C)(C)C)cc(C(C)(C)C)cc2C(C)(C)C)p1. The lowest BCUT2D eigenvalue weighted by Crippen LogP contribution is -2.54. The number of rotatable bonds is 5. The molecule has 0 amide bonds. The van der Waals surface area contributed by atoms with Crippen LogP contribution in [-0.4, -0.2) is 14.9 Å². The Morgan fingerprint density at radius 3 is 1.53 bits per heavy atom. The van der Waals surface area contributed by atoms with E-state index in [0.717, 1.165) is 27.8 Å².